The molecule has 3 aliphatic rings. The van der Waals surface area contributed by atoms with Gasteiger partial charge in [0, 0.05) is 16.7 Å². The Morgan fingerprint density at radius 1 is 1.45 bits per heavy atom. The number of hydrogen-bond acceptors (Lipinski definition) is 10. The second kappa shape index (κ2) is 8.32. The second-order valence-electron chi connectivity index (χ2n) is 7.30. The van der Waals surface area contributed by atoms with Crippen LogP contribution in [0.25, 0.3) is 0 Å². The molecule has 13 heteroatoms. The van der Waals surface area contributed by atoms with Gasteiger partial charge in [-0.2, -0.15) is 0 Å². The standard InChI is InChI=1S/C18H20N6O5S2/c1-8(23-4-2-3-5-23)9-6-30-16-12(15(26)24(16)13(9)17(27)28)21-14(25)11(22-29)10-7-31-18(19)20-10/h2-3,7-8,12,16,29H,4-6H2,1H3,(H2,19,20)(H,21,25)(H,27,28)/t8?,12?,16-/m1/s1. The van der Waals surface area contributed by atoms with E-state index in [1.807, 2.05) is 19.1 Å². The summed E-state index contributed by atoms with van der Waals surface area (Å²) >= 11 is 2.44. The molecule has 1 aromatic heterocycles. The van der Waals surface area contributed by atoms with Crippen molar-refractivity contribution in [3.63, 3.8) is 0 Å². The highest BCUT2D eigenvalue weighted by molar-refractivity contribution is 8.00. The van der Waals surface area contributed by atoms with E-state index in [1.54, 1.807) is 0 Å². The highest BCUT2D eigenvalue weighted by Gasteiger charge is 2.54. The van der Waals surface area contributed by atoms with Crippen LogP contribution in [0, 0.1) is 0 Å². The van der Waals surface area contributed by atoms with Gasteiger partial charge >= 0.3 is 0 Å². The molecule has 1 saturated heterocycles. The first kappa shape index (κ1) is 21.3. The van der Waals surface area contributed by atoms with Crippen molar-refractivity contribution < 1.29 is 29.6 Å². The van der Waals surface area contributed by atoms with Crippen LogP contribution >= 0.6 is 23.1 Å². The summed E-state index contributed by atoms with van der Waals surface area (Å²) in [6.45, 7) is 3.51. The third-order valence-corrected chi connectivity index (χ3v) is 7.60. The van der Waals surface area contributed by atoms with Crippen molar-refractivity contribution in [3.8, 4) is 0 Å². The normalized spacial score (nSPS) is 24.7. The SMILES string of the molecule is CC(C1=C(C(=O)[O-])N2C(=O)C(NC(=O)C(=NO)c3csc(N)n3)[C@H]2SC1)[NH+]1CC=CC1. The van der Waals surface area contributed by atoms with Crippen molar-refractivity contribution in [2.45, 2.75) is 24.4 Å². The summed E-state index contributed by atoms with van der Waals surface area (Å²) in [4.78, 5) is 43.6. The predicted molar refractivity (Wildman–Crippen MR) is 111 cm³/mol. The number of oxime groups is 1. The van der Waals surface area contributed by atoms with Crippen LogP contribution in [0.15, 0.2) is 34.0 Å². The quantitative estimate of drug-likeness (QED) is 0.115. The predicted octanol–water partition coefficient (Wildman–Crippen LogP) is -2.85. The number of nitrogens with one attached hydrogen (secondary N) is 2. The summed E-state index contributed by atoms with van der Waals surface area (Å²) in [7, 11) is 0. The van der Waals surface area contributed by atoms with E-state index in [1.165, 1.54) is 26.9 Å². The molecule has 31 heavy (non-hydrogen) atoms. The van der Waals surface area contributed by atoms with Crippen LogP contribution in [-0.2, 0) is 14.4 Å². The average Bonchev–Trinajstić information content (AvgIpc) is 3.43. The zero-order chi connectivity index (χ0) is 22.3. The Hall–Kier alpha value is -2.90. The topological polar surface area (TPSA) is 165 Å². The van der Waals surface area contributed by atoms with Gasteiger partial charge in [0.05, 0.1) is 24.8 Å². The van der Waals surface area contributed by atoms with E-state index in [2.05, 4.69) is 15.5 Å². The number of nitrogens with two attached hydrogens (primary N) is 1. The molecular weight excluding hydrogens is 444 g/mol. The number of aromatic nitrogens is 1. The number of thiazole rings is 1. The number of nitrogens with zero attached hydrogens (tertiary/aromatic N) is 3. The van der Waals surface area contributed by atoms with Gasteiger partial charge in [0.15, 0.2) is 10.8 Å². The largest absolute Gasteiger partial charge is 0.543 e. The highest BCUT2D eigenvalue weighted by atomic mass is 32.2. The van der Waals surface area contributed by atoms with Gasteiger partial charge in [0.2, 0.25) is 0 Å². The summed E-state index contributed by atoms with van der Waals surface area (Å²) < 4.78 is 0. The lowest BCUT2D eigenvalue weighted by molar-refractivity contribution is -0.901. The fourth-order valence-corrected chi connectivity index (χ4v) is 5.95. The number of carbonyl (C=O) groups is 3. The van der Waals surface area contributed by atoms with Gasteiger partial charge in [-0.3, -0.25) is 14.5 Å². The van der Waals surface area contributed by atoms with Gasteiger partial charge in [-0.1, -0.05) is 5.16 Å². The molecule has 0 radical (unpaired) electrons. The van der Waals surface area contributed by atoms with Gasteiger partial charge in [-0.25, -0.2) is 4.98 Å². The van der Waals surface area contributed by atoms with Gasteiger partial charge < -0.3 is 31.1 Å². The molecule has 0 aromatic carbocycles. The molecule has 0 spiro atoms. The summed E-state index contributed by atoms with van der Waals surface area (Å²) in [6.07, 6.45) is 4.08. The minimum Gasteiger partial charge on any atom is -0.543 e. The molecule has 1 fully saturated rings. The maximum atomic E-state index is 12.8. The molecule has 5 N–H and O–H groups in total. The van der Waals surface area contributed by atoms with Crippen LogP contribution in [0.2, 0.25) is 0 Å². The van der Waals surface area contributed by atoms with Crippen LogP contribution < -0.4 is 21.1 Å². The molecule has 11 nitrogen and oxygen atoms in total. The van der Waals surface area contributed by atoms with E-state index in [-0.39, 0.29) is 28.3 Å². The van der Waals surface area contributed by atoms with Gasteiger partial charge in [-0.05, 0) is 19.1 Å². The van der Waals surface area contributed by atoms with E-state index in [0.717, 1.165) is 24.4 Å². The molecule has 0 bridgehead atoms. The molecule has 4 heterocycles. The number of rotatable bonds is 6. The summed E-state index contributed by atoms with van der Waals surface area (Å²) in [6, 6.07) is -1.06. The fraction of sp³-hybridized carbons (Fsp3) is 0.389. The van der Waals surface area contributed by atoms with E-state index in [9.17, 15) is 24.7 Å². The molecule has 2 unspecified atom stereocenters. The maximum absolute atomic E-state index is 12.8. The Kier molecular flexibility index (Phi) is 5.73. The van der Waals surface area contributed by atoms with Crippen LogP contribution in [0.4, 0.5) is 5.13 Å². The van der Waals surface area contributed by atoms with E-state index in [4.69, 9.17) is 5.73 Å². The Morgan fingerprint density at radius 3 is 2.74 bits per heavy atom. The molecule has 2 amide bonds. The molecule has 0 saturated carbocycles. The first-order valence-electron chi connectivity index (χ1n) is 9.46. The Balaban J connectivity index is 1.52. The number of nitrogen functional groups attached to an aromatic ring is 1. The third-order valence-electron chi connectivity index (χ3n) is 5.62. The maximum Gasteiger partial charge on any atom is 0.276 e. The summed E-state index contributed by atoms with van der Waals surface area (Å²) in [5.41, 5.74) is 5.78. The van der Waals surface area contributed by atoms with Gasteiger partial charge in [0.1, 0.15) is 23.2 Å². The van der Waals surface area contributed by atoms with Crippen LogP contribution in [0.5, 0.6) is 0 Å². The third kappa shape index (κ3) is 3.68. The van der Waals surface area contributed by atoms with Crippen molar-refractivity contribution in [3.05, 3.63) is 34.5 Å². The molecule has 3 atom stereocenters. The van der Waals surface area contributed by atoms with Gasteiger partial charge in [-0.15, -0.1) is 23.1 Å². The lowest BCUT2D eigenvalue weighted by Gasteiger charge is -2.51. The first-order chi connectivity index (χ1) is 14.8. The van der Waals surface area contributed by atoms with Gasteiger partial charge in [0.25, 0.3) is 11.8 Å². The highest BCUT2D eigenvalue weighted by Crippen LogP contribution is 2.40. The molecular formula is C18H20N6O5S2. The first-order valence-corrected chi connectivity index (χ1v) is 11.4. The van der Waals surface area contributed by atoms with Crippen molar-refractivity contribution in [1.82, 2.24) is 15.2 Å². The Morgan fingerprint density at radius 2 is 2.16 bits per heavy atom. The van der Waals surface area contributed by atoms with Crippen molar-refractivity contribution in [2.24, 2.45) is 5.16 Å². The van der Waals surface area contributed by atoms with E-state index >= 15 is 0 Å². The van der Waals surface area contributed by atoms with Crippen LogP contribution in [0.1, 0.15) is 12.6 Å². The van der Waals surface area contributed by atoms with E-state index in [0.29, 0.717) is 11.3 Å². The number of aliphatic carboxylic acids is 1. The number of amides is 2. The fourth-order valence-electron chi connectivity index (χ4n) is 3.93. The lowest BCUT2D eigenvalue weighted by Crippen LogP contribution is -3.14. The Labute approximate surface area is 185 Å². The number of anilines is 1. The van der Waals surface area contributed by atoms with Crippen molar-refractivity contribution in [1.29, 1.82) is 0 Å². The number of carboxylic acid groups (broad SMARTS) is 1. The zero-order valence-electron chi connectivity index (χ0n) is 16.4. The summed E-state index contributed by atoms with van der Waals surface area (Å²) in [5.74, 6) is -2.37. The van der Waals surface area contributed by atoms with Crippen molar-refractivity contribution in [2.75, 3.05) is 24.6 Å². The second-order valence-corrected chi connectivity index (χ2v) is 9.30. The lowest BCUT2D eigenvalue weighted by atomic mass is 9.99. The van der Waals surface area contributed by atoms with Crippen molar-refractivity contribution >= 4 is 51.7 Å². The number of carbonyl (C=O) groups excluding carboxylic acids is 3. The summed E-state index contributed by atoms with van der Waals surface area (Å²) in [5, 5.41) is 27.7. The molecule has 1 aromatic rings. The molecule has 0 aliphatic carbocycles. The average molecular weight is 465 g/mol. The molecule has 4 rings (SSSR count). The zero-order valence-corrected chi connectivity index (χ0v) is 18.0. The minimum absolute atomic E-state index is 0.0797. The number of hydrogen-bond donors (Lipinski definition) is 4. The minimum atomic E-state index is -1.41. The number of thioether (sulfide) groups is 1. The number of carboxylic acids is 1. The van der Waals surface area contributed by atoms with E-state index < -0.39 is 29.2 Å². The van der Waals surface area contributed by atoms with Crippen LogP contribution in [-0.4, -0.2) is 74.9 Å². The smallest absolute Gasteiger partial charge is 0.276 e. The molecule has 164 valence electrons. The number of fused-ring (bicyclic) bond motifs is 1. The number of β-lactam (4-membered cyclic amide) rings is 1. The molecule has 3 aliphatic heterocycles. The Bertz CT molecular complexity index is 1030. The van der Waals surface area contributed by atoms with Crippen LogP contribution in [0.3, 0.4) is 0 Å². The number of quaternary nitrogens is 1. The monoisotopic (exact) mass is 464 g/mol.